The fourth-order valence-electron chi connectivity index (χ4n) is 4.23. The van der Waals surface area contributed by atoms with Crippen LogP contribution in [0.25, 0.3) is 5.65 Å². The fraction of sp³-hybridized carbons (Fsp3) is 0.600. The average molecular weight is 384 g/mol. The van der Waals surface area contributed by atoms with Crippen molar-refractivity contribution in [3.8, 4) is 0 Å². The number of carbonyl (C=O) groups is 2. The number of hydrogen-bond acceptors (Lipinski definition) is 4. The van der Waals surface area contributed by atoms with E-state index >= 15 is 0 Å². The molecule has 4 rings (SSSR count). The van der Waals surface area contributed by atoms with E-state index in [1.54, 1.807) is 4.90 Å². The molecule has 0 radical (unpaired) electrons. The molecule has 8 nitrogen and oxygen atoms in total. The van der Waals surface area contributed by atoms with Crippen molar-refractivity contribution in [3.63, 3.8) is 0 Å². The lowest BCUT2D eigenvalue weighted by atomic mass is 9.88. The maximum atomic E-state index is 12.7. The Hall–Kier alpha value is -2.64. The highest BCUT2D eigenvalue weighted by Gasteiger charge is 2.30. The highest BCUT2D eigenvalue weighted by Crippen LogP contribution is 2.26. The lowest BCUT2D eigenvalue weighted by Crippen LogP contribution is -2.54. The third-order valence-corrected chi connectivity index (χ3v) is 5.90. The Balaban J connectivity index is 1.31. The first-order valence-electron chi connectivity index (χ1n) is 10.3. The van der Waals surface area contributed by atoms with E-state index in [-0.39, 0.29) is 23.9 Å². The van der Waals surface area contributed by atoms with Crippen LogP contribution in [0.3, 0.4) is 0 Å². The first-order chi connectivity index (χ1) is 13.6. The van der Waals surface area contributed by atoms with Crippen molar-refractivity contribution in [2.75, 3.05) is 26.2 Å². The molecule has 1 atom stereocenters. The largest absolute Gasteiger partial charge is 0.339 e. The maximum absolute atomic E-state index is 12.7. The molecule has 1 aliphatic heterocycles. The Kier molecular flexibility index (Phi) is 5.45. The van der Waals surface area contributed by atoms with E-state index in [0.717, 1.165) is 31.3 Å². The minimum Gasteiger partial charge on any atom is -0.339 e. The number of hydrogen-bond donors (Lipinski definition) is 1. The van der Waals surface area contributed by atoms with Crippen molar-refractivity contribution in [3.05, 3.63) is 30.2 Å². The molecule has 3 amide bonds. The molecule has 2 aliphatic rings. The Bertz CT molecular complexity index is 836. The van der Waals surface area contributed by atoms with Crippen molar-refractivity contribution < 1.29 is 9.59 Å². The van der Waals surface area contributed by atoms with Gasteiger partial charge in [0.2, 0.25) is 5.91 Å². The van der Waals surface area contributed by atoms with Gasteiger partial charge in [0.1, 0.15) is 0 Å². The lowest BCUT2D eigenvalue weighted by Gasteiger charge is -2.37. The Morgan fingerprint density at radius 2 is 1.75 bits per heavy atom. The monoisotopic (exact) mass is 384 g/mol. The highest BCUT2D eigenvalue weighted by atomic mass is 16.2. The van der Waals surface area contributed by atoms with Gasteiger partial charge in [-0.3, -0.25) is 9.20 Å². The zero-order valence-electron chi connectivity index (χ0n) is 16.4. The summed E-state index contributed by atoms with van der Waals surface area (Å²) >= 11 is 0. The van der Waals surface area contributed by atoms with Crippen LogP contribution in [-0.2, 0) is 4.79 Å². The molecule has 1 N–H and O–H groups in total. The van der Waals surface area contributed by atoms with Crippen LogP contribution < -0.4 is 5.32 Å². The van der Waals surface area contributed by atoms with Crippen LogP contribution in [0.15, 0.2) is 24.4 Å². The molecule has 28 heavy (non-hydrogen) atoms. The smallest absolute Gasteiger partial charge is 0.318 e. The Morgan fingerprint density at radius 3 is 2.50 bits per heavy atom. The molecule has 2 aromatic heterocycles. The molecule has 0 bridgehead atoms. The van der Waals surface area contributed by atoms with Crippen LogP contribution >= 0.6 is 0 Å². The summed E-state index contributed by atoms with van der Waals surface area (Å²) in [4.78, 5) is 29.1. The van der Waals surface area contributed by atoms with E-state index in [4.69, 9.17) is 0 Å². The van der Waals surface area contributed by atoms with Gasteiger partial charge in [0.15, 0.2) is 11.5 Å². The van der Waals surface area contributed by atoms with Crippen molar-refractivity contribution >= 4 is 17.6 Å². The summed E-state index contributed by atoms with van der Waals surface area (Å²) in [5, 5.41) is 11.4. The second-order valence-corrected chi connectivity index (χ2v) is 7.81. The number of nitrogens with one attached hydrogen (secondary N) is 1. The number of nitrogens with zero attached hydrogens (tertiary/aromatic N) is 5. The molecule has 1 aliphatic carbocycles. The number of piperazine rings is 1. The predicted molar refractivity (Wildman–Crippen MR) is 105 cm³/mol. The molecular formula is C20H28N6O2. The van der Waals surface area contributed by atoms with Crippen molar-refractivity contribution in [2.24, 2.45) is 5.92 Å². The van der Waals surface area contributed by atoms with Gasteiger partial charge < -0.3 is 15.1 Å². The normalized spacial score (nSPS) is 19.6. The molecule has 1 unspecified atom stereocenters. The molecule has 3 heterocycles. The quantitative estimate of drug-likeness (QED) is 0.880. The van der Waals surface area contributed by atoms with Crippen LogP contribution in [0.1, 0.15) is 50.9 Å². The number of urea groups is 1. The minimum atomic E-state index is -0.258. The number of carbonyl (C=O) groups excluding carboxylic acids is 2. The number of amides is 3. The standard InChI is InChI=1S/C20H28N6O2/c1-15(18-23-22-17-9-5-6-10-26(17)18)21-20(28)25-13-11-24(12-14-25)19(27)16-7-3-2-4-8-16/h5-6,9-10,15-16H,2-4,7-8,11-14H2,1H3,(H,21,28). The SMILES string of the molecule is CC(NC(=O)N1CCN(C(=O)C2CCCCC2)CC1)c1nnc2ccccn12. The zero-order valence-corrected chi connectivity index (χ0v) is 16.4. The van der Waals surface area contributed by atoms with Gasteiger partial charge in [-0.25, -0.2) is 4.79 Å². The summed E-state index contributed by atoms with van der Waals surface area (Å²) in [6.45, 7) is 4.27. The zero-order chi connectivity index (χ0) is 19.5. The summed E-state index contributed by atoms with van der Waals surface area (Å²) in [7, 11) is 0. The predicted octanol–water partition coefficient (Wildman–Crippen LogP) is 2.22. The molecule has 0 spiro atoms. The molecule has 150 valence electrons. The van der Waals surface area contributed by atoms with Crippen molar-refractivity contribution in [1.29, 1.82) is 0 Å². The van der Waals surface area contributed by atoms with E-state index in [0.29, 0.717) is 32.0 Å². The van der Waals surface area contributed by atoms with Crippen LogP contribution in [0.2, 0.25) is 0 Å². The van der Waals surface area contributed by atoms with Gasteiger partial charge >= 0.3 is 6.03 Å². The number of rotatable bonds is 3. The highest BCUT2D eigenvalue weighted by molar-refractivity contribution is 5.80. The fourth-order valence-corrected chi connectivity index (χ4v) is 4.23. The van der Waals surface area contributed by atoms with Gasteiger partial charge in [-0.2, -0.15) is 0 Å². The van der Waals surface area contributed by atoms with E-state index in [1.165, 1.54) is 6.42 Å². The number of fused-ring (bicyclic) bond motifs is 1. The second kappa shape index (κ2) is 8.16. The van der Waals surface area contributed by atoms with Gasteiger partial charge in [0.25, 0.3) is 0 Å². The summed E-state index contributed by atoms with van der Waals surface area (Å²) in [6, 6.07) is 5.33. The molecular weight excluding hydrogens is 356 g/mol. The number of pyridine rings is 1. The molecule has 1 saturated carbocycles. The molecule has 2 fully saturated rings. The minimum absolute atomic E-state index is 0.120. The average Bonchev–Trinajstić information content (AvgIpc) is 3.18. The summed E-state index contributed by atoms with van der Waals surface area (Å²) in [6.07, 6.45) is 7.49. The second-order valence-electron chi connectivity index (χ2n) is 7.81. The van der Waals surface area contributed by atoms with E-state index in [9.17, 15) is 9.59 Å². The number of aromatic nitrogens is 3. The van der Waals surface area contributed by atoms with E-state index in [2.05, 4.69) is 15.5 Å². The van der Waals surface area contributed by atoms with E-state index < -0.39 is 0 Å². The summed E-state index contributed by atoms with van der Waals surface area (Å²) < 4.78 is 1.88. The van der Waals surface area contributed by atoms with Gasteiger partial charge in [0, 0.05) is 38.3 Å². The Labute approximate surface area is 164 Å². The van der Waals surface area contributed by atoms with Crippen LogP contribution in [-0.4, -0.2) is 62.5 Å². The maximum Gasteiger partial charge on any atom is 0.318 e. The summed E-state index contributed by atoms with van der Waals surface area (Å²) in [5.41, 5.74) is 0.758. The van der Waals surface area contributed by atoms with Crippen molar-refractivity contribution in [1.82, 2.24) is 29.7 Å². The van der Waals surface area contributed by atoms with Crippen LogP contribution in [0.5, 0.6) is 0 Å². The van der Waals surface area contributed by atoms with Gasteiger partial charge in [-0.1, -0.05) is 25.3 Å². The summed E-state index contributed by atoms with van der Waals surface area (Å²) in [5.74, 6) is 1.17. The topological polar surface area (TPSA) is 82.8 Å². The van der Waals surface area contributed by atoms with Crippen molar-refractivity contribution in [2.45, 2.75) is 45.1 Å². The first-order valence-corrected chi connectivity index (χ1v) is 10.3. The Morgan fingerprint density at radius 1 is 1.04 bits per heavy atom. The molecule has 0 aromatic carbocycles. The molecule has 1 saturated heterocycles. The first kappa shape index (κ1) is 18.7. The molecule has 2 aromatic rings. The van der Waals surface area contributed by atoms with E-state index in [1.807, 2.05) is 40.6 Å². The van der Waals surface area contributed by atoms with Gasteiger partial charge in [0.05, 0.1) is 6.04 Å². The van der Waals surface area contributed by atoms with Crippen LogP contribution in [0.4, 0.5) is 4.79 Å². The third kappa shape index (κ3) is 3.81. The van der Waals surface area contributed by atoms with Gasteiger partial charge in [-0.05, 0) is 31.9 Å². The lowest BCUT2D eigenvalue weighted by molar-refractivity contribution is -0.138. The van der Waals surface area contributed by atoms with Gasteiger partial charge in [-0.15, -0.1) is 10.2 Å². The third-order valence-electron chi connectivity index (χ3n) is 5.90. The molecule has 8 heteroatoms. The van der Waals surface area contributed by atoms with Crippen LogP contribution in [0, 0.1) is 5.92 Å².